The highest BCUT2D eigenvalue weighted by Crippen LogP contribution is 2.34. The summed E-state index contributed by atoms with van der Waals surface area (Å²) in [5, 5.41) is 0. The third kappa shape index (κ3) is 4.29. The highest BCUT2D eigenvalue weighted by Gasteiger charge is 2.34. The minimum atomic E-state index is -3.17. The molecule has 31 heavy (non-hydrogen) atoms. The van der Waals surface area contributed by atoms with Crippen molar-refractivity contribution in [1.29, 1.82) is 0 Å². The van der Waals surface area contributed by atoms with Crippen LogP contribution in [0.2, 0.25) is 0 Å². The van der Waals surface area contributed by atoms with E-state index in [4.69, 9.17) is 14.7 Å². The Labute approximate surface area is 183 Å². The molecule has 0 radical (unpaired) electrons. The van der Waals surface area contributed by atoms with Gasteiger partial charge in [-0.3, -0.25) is 9.69 Å². The van der Waals surface area contributed by atoms with Gasteiger partial charge in [0, 0.05) is 30.3 Å². The maximum absolute atomic E-state index is 12.8. The number of hydrogen-bond acceptors (Lipinski definition) is 6. The number of anilines is 1. The van der Waals surface area contributed by atoms with Crippen molar-refractivity contribution >= 4 is 21.7 Å². The Hall–Kier alpha value is -2.52. The minimum absolute atomic E-state index is 0.0104. The van der Waals surface area contributed by atoms with Gasteiger partial charge in [-0.15, -0.1) is 0 Å². The molecule has 1 fully saturated rings. The molecule has 9 heteroatoms. The highest BCUT2D eigenvalue weighted by atomic mass is 32.2. The van der Waals surface area contributed by atoms with E-state index in [0.29, 0.717) is 50.5 Å². The maximum atomic E-state index is 12.8. The third-order valence-corrected chi connectivity index (χ3v) is 8.03. The Morgan fingerprint density at radius 1 is 1.19 bits per heavy atom. The zero-order valence-corrected chi connectivity index (χ0v) is 19.0. The molecule has 2 aliphatic heterocycles. The number of carbonyl (C=O) groups is 1. The zero-order valence-electron chi connectivity index (χ0n) is 18.2. The number of piperidine rings is 1. The molecule has 0 spiro atoms. The van der Waals surface area contributed by atoms with Gasteiger partial charge < -0.3 is 4.74 Å². The lowest BCUT2D eigenvalue weighted by atomic mass is 9.97. The fraction of sp³-hybridized carbons (Fsp3) is 0.500. The molecule has 0 atom stereocenters. The quantitative estimate of drug-likeness (QED) is 0.679. The molecule has 0 unspecified atom stereocenters. The summed E-state index contributed by atoms with van der Waals surface area (Å²) in [6.45, 7) is 4.97. The van der Waals surface area contributed by atoms with Crippen LogP contribution in [0.25, 0.3) is 0 Å². The fourth-order valence-corrected chi connectivity index (χ4v) is 5.40. The first kappa shape index (κ1) is 21.7. The van der Waals surface area contributed by atoms with Crippen LogP contribution < -0.4 is 9.64 Å². The van der Waals surface area contributed by atoms with Gasteiger partial charge in [0.25, 0.3) is 0 Å². The average Bonchev–Trinajstić information content (AvgIpc) is 3.10. The van der Waals surface area contributed by atoms with Crippen molar-refractivity contribution in [3.8, 4) is 5.75 Å². The molecule has 0 bridgehead atoms. The second-order valence-electron chi connectivity index (χ2n) is 8.05. The van der Waals surface area contributed by atoms with Crippen molar-refractivity contribution < 1.29 is 17.9 Å². The number of amides is 1. The number of methoxy groups -OCH3 is 1. The number of carbonyl (C=O) groups excluding carboxylic acids is 1. The summed E-state index contributed by atoms with van der Waals surface area (Å²) in [6, 6.07) is 7.67. The van der Waals surface area contributed by atoms with E-state index in [-0.39, 0.29) is 17.6 Å². The molecule has 1 aromatic heterocycles. The Bertz CT molecular complexity index is 1090. The molecule has 3 heterocycles. The standard InChI is InChI=1S/C22H28N4O4S/c1-4-31(28,29)25-10-8-17(9-11-25)21-23-15(2)19-13-20(27)26(22(19)24-21)14-16-6-5-7-18(12-16)30-3/h5-7,12,17H,4,8-11,13-14H2,1-3H3. The van der Waals surface area contributed by atoms with E-state index in [9.17, 15) is 13.2 Å². The van der Waals surface area contributed by atoms with Crippen LogP contribution in [0, 0.1) is 6.92 Å². The van der Waals surface area contributed by atoms with E-state index < -0.39 is 10.0 Å². The van der Waals surface area contributed by atoms with E-state index in [1.54, 1.807) is 23.2 Å². The smallest absolute Gasteiger partial charge is 0.233 e. The van der Waals surface area contributed by atoms with E-state index in [0.717, 1.165) is 22.6 Å². The Kier molecular flexibility index (Phi) is 5.98. The number of aromatic nitrogens is 2. The molecule has 166 valence electrons. The molecule has 2 aliphatic rings. The highest BCUT2D eigenvalue weighted by molar-refractivity contribution is 7.89. The summed E-state index contributed by atoms with van der Waals surface area (Å²) < 4.78 is 31.1. The first-order chi connectivity index (χ1) is 14.8. The lowest BCUT2D eigenvalue weighted by molar-refractivity contribution is -0.117. The Balaban J connectivity index is 1.57. The third-order valence-electron chi connectivity index (χ3n) is 6.15. The predicted molar refractivity (Wildman–Crippen MR) is 118 cm³/mol. The number of hydrogen-bond donors (Lipinski definition) is 0. The number of ether oxygens (including phenoxy) is 1. The van der Waals surface area contributed by atoms with Gasteiger partial charge >= 0.3 is 0 Å². The predicted octanol–water partition coefficient (Wildman–Crippen LogP) is 2.41. The van der Waals surface area contributed by atoms with Crippen LogP contribution in [0.1, 0.15) is 48.3 Å². The lowest BCUT2D eigenvalue weighted by Crippen LogP contribution is -2.39. The molecular formula is C22H28N4O4S. The van der Waals surface area contributed by atoms with Crippen LogP contribution in [0.15, 0.2) is 24.3 Å². The van der Waals surface area contributed by atoms with Crippen molar-refractivity contribution in [3.05, 3.63) is 46.9 Å². The van der Waals surface area contributed by atoms with E-state index in [1.165, 1.54) is 0 Å². The number of rotatable bonds is 6. The molecule has 0 aliphatic carbocycles. The topological polar surface area (TPSA) is 92.7 Å². The molecule has 1 amide bonds. The normalized spacial score (nSPS) is 17.8. The van der Waals surface area contributed by atoms with Crippen molar-refractivity contribution in [3.63, 3.8) is 0 Å². The molecule has 2 aromatic rings. The van der Waals surface area contributed by atoms with Crippen LogP contribution in [-0.2, 0) is 27.8 Å². The summed E-state index contributed by atoms with van der Waals surface area (Å²) >= 11 is 0. The fourth-order valence-electron chi connectivity index (χ4n) is 4.27. The second kappa shape index (κ2) is 8.55. The molecule has 0 saturated carbocycles. The summed E-state index contributed by atoms with van der Waals surface area (Å²) in [4.78, 5) is 24.0. The van der Waals surface area contributed by atoms with E-state index in [1.807, 2.05) is 31.2 Å². The average molecular weight is 445 g/mol. The second-order valence-corrected chi connectivity index (χ2v) is 10.3. The van der Waals surface area contributed by atoms with Gasteiger partial charge in [-0.2, -0.15) is 0 Å². The van der Waals surface area contributed by atoms with Gasteiger partial charge in [-0.1, -0.05) is 12.1 Å². The minimum Gasteiger partial charge on any atom is -0.497 e. The lowest BCUT2D eigenvalue weighted by Gasteiger charge is -2.30. The molecule has 8 nitrogen and oxygen atoms in total. The maximum Gasteiger partial charge on any atom is 0.233 e. The monoisotopic (exact) mass is 444 g/mol. The largest absolute Gasteiger partial charge is 0.497 e. The van der Waals surface area contributed by atoms with Gasteiger partial charge in [-0.05, 0) is 44.4 Å². The summed E-state index contributed by atoms with van der Waals surface area (Å²) in [6.07, 6.45) is 1.67. The number of aryl methyl sites for hydroxylation is 1. The van der Waals surface area contributed by atoms with Crippen molar-refractivity contribution in [2.24, 2.45) is 0 Å². The molecule has 1 aromatic carbocycles. The first-order valence-corrected chi connectivity index (χ1v) is 12.2. The molecular weight excluding hydrogens is 416 g/mol. The molecule has 1 saturated heterocycles. The Morgan fingerprint density at radius 3 is 2.61 bits per heavy atom. The number of benzene rings is 1. The van der Waals surface area contributed by atoms with Crippen LogP contribution >= 0.6 is 0 Å². The summed E-state index contributed by atoms with van der Waals surface area (Å²) in [7, 11) is -1.55. The van der Waals surface area contributed by atoms with E-state index >= 15 is 0 Å². The van der Waals surface area contributed by atoms with Gasteiger partial charge in [-0.25, -0.2) is 22.7 Å². The SMILES string of the molecule is CCS(=O)(=O)N1CCC(c2nc(C)c3c(n2)N(Cc2cccc(OC)c2)C(=O)C3)CC1. The number of fused-ring (bicyclic) bond motifs is 1. The zero-order chi connectivity index (χ0) is 22.2. The number of nitrogens with zero attached hydrogens (tertiary/aromatic N) is 4. The van der Waals surface area contributed by atoms with Crippen LogP contribution in [0.4, 0.5) is 5.82 Å². The molecule has 0 N–H and O–H groups in total. The Morgan fingerprint density at radius 2 is 1.94 bits per heavy atom. The van der Waals surface area contributed by atoms with Crippen molar-refractivity contribution in [2.45, 2.75) is 45.6 Å². The van der Waals surface area contributed by atoms with E-state index in [2.05, 4.69) is 0 Å². The summed E-state index contributed by atoms with van der Waals surface area (Å²) in [5.74, 6) is 2.35. The van der Waals surface area contributed by atoms with Gasteiger partial charge in [0.1, 0.15) is 17.4 Å². The van der Waals surface area contributed by atoms with Crippen LogP contribution in [-0.4, -0.2) is 54.6 Å². The summed E-state index contributed by atoms with van der Waals surface area (Å²) in [5.41, 5.74) is 2.67. The number of sulfonamides is 1. The van der Waals surface area contributed by atoms with Gasteiger partial charge in [0.15, 0.2) is 0 Å². The van der Waals surface area contributed by atoms with Crippen molar-refractivity contribution in [1.82, 2.24) is 14.3 Å². The van der Waals surface area contributed by atoms with Crippen LogP contribution in [0.3, 0.4) is 0 Å². The van der Waals surface area contributed by atoms with Gasteiger partial charge in [0.05, 0.1) is 25.8 Å². The first-order valence-electron chi connectivity index (χ1n) is 10.6. The van der Waals surface area contributed by atoms with Crippen molar-refractivity contribution in [2.75, 3.05) is 30.9 Å². The molecule has 4 rings (SSSR count). The van der Waals surface area contributed by atoms with Crippen LogP contribution in [0.5, 0.6) is 5.75 Å². The van der Waals surface area contributed by atoms with Gasteiger partial charge in [0.2, 0.25) is 15.9 Å².